The smallest absolute Gasteiger partial charge is 0.406 e. The van der Waals surface area contributed by atoms with Crippen molar-refractivity contribution in [2.75, 3.05) is 0 Å². The van der Waals surface area contributed by atoms with Crippen molar-refractivity contribution in [3.63, 3.8) is 0 Å². The van der Waals surface area contributed by atoms with E-state index in [1.807, 2.05) is 0 Å². The van der Waals surface area contributed by atoms with E-state index in [4.69, 9.17) is 0 Å². The molecule has 34 heavy (non-hydrogen) atoms. The molecule has 3 rings (SSSR count). The van der Waals surface area contributed by atoms with E-state index in [9.17, 15) is 26.3 Å². The van der Waals surface area contributed by atoms with Gasteiger partial charge >= 0.3 is 12.5 Å². The van der Waals surface area contributed by atoms with Gasteiger partial charge in [-0.3, -0.25) is 0 Å². The standard InChI is InChI=1S/C27H30F6O/c1-3-4-18(2)20-7-9-21(10-8-20)22-11-13-23(14-12-22)25(26(28,29)30)17-19-5-15-24(16-6-19)34-27(31,32)33/h5-6,11-18,20-21H,3-4,7-10H2,1-2H3/b25-17-. The molecule has 1 nitrogen and oxygen atoms in total. The van der Waals surface area contributed by atoms with Crippen LogP contribution in [0.3, 0.4) is 0 Å². The van der Waals surface area contributed by atoms with E-state index in [0.29, 0.717) is 11.8 Å². The summed E-state index contributed by atoms with van der Waals surface area (Å²) in [6.07, 6.45) is -1.73. The van der Waals surface area contributed by atoms with Gasteiger partial charge in [0.1, 0.15) is 5.75 Å². The first-order valence-electron chi connectivity index (χ1n) is 11.7. The van der Waals surface area contributed by atoms with E-state index in [0.717, 1.165) is 55.4 Å². The molecule has 7 heteroatoms. The van der Waals surface area contributed by atoms with Crippen molar-refractivity contribution in [3.05, 3.63) is 65.2 Å². The lowest BCUT2D eigenvalue weighted by atomic mass is 9.73. The van der Waals surface area contributed by atoms with Crippen molar-refractivity contribution in [1.82, 2.24) is 0 Å². The summed E-state index contributed by atoms with van der Waals surface area (Å²) in [7, 11) is 0. The van der Waals surface area contributed by atoms with E-state index in [1.165, 1.54) is 37.1 Å². The fourth-order valence-electron chi connectivity index (χ4n) is 4.91. The molecule has 0 N–H and O–H groups in total. The highest BCUT2D eigenvalue weighted by Crippen LogP contribution is 2.41. The van der Waals surface area contributed by atoms with E-state index in [2.05, 4.69) is 18.6 Å². The first-order chi connectivity index (χ1) is 16.0. The Bertz CT molecular complexity index is 933. The van der Waals surface area contributed by atoms with Crippen molar-refractivity contribution in [3.8, 4) is 5.75 Å². The van der Waals surface area contributed by atoms with Gasteiger partial charge in [-0.25, -0.2) is 0 Å². The van der Waals surface area contributed by atoms with E-state index in [1.54, 1.807) is 12.1 Å². The highest BCUT2D eigenvalue weighted by Gasteiger charge is 2.35. The van der Waals surface area contributed by atoms with Gasteiger partial charge in [-0.15, -0.1) is 13.2 Å². The van der Waals surface area contributed by atoms with Gasteiger partial charge in [0.2, 0.25) is 0 Å². The van der Waals surface area contributed by atoms with Gasteiger partial charge in [0, 0.05) is 0 Å². The van der Waals surface area contributed by atoms with Gasteiger partial charge in [0.25, 0.3) is 0 Å². The number of halogens is 6. The Kier molecular flexibility index (Phi) is 8.37. The molecule has 1 aliphatic rings. The average molecular weight is 485 g/mol. The summed E-state index contributed by atoms with van der Waals surface area (Å²) >= 11 is 0. The maximum Gasteiger partial charge on any atom is 0.573 e. The van der Waals surface area contributed by atoms with Gasteiger partial charge in [-0.1, -0.05) is 63.1 Å². The fraction of sp³-hybridized carbons (Fsp3) is 0.481. The molecule has 0 spiro atoms. The lowest BCUT2D eigenvalue weighted by Gasteiger charge is -2.32. The molecular weight excluding hydrogens is 454 g/mol. The summed E-state index contributed by atoms with van der Waals surface area (Å²) in [6.45, 7) is 4.51. The Balaban J connectivity index is 1.73. The second-order valence-electron chi connectivity index (χ2n) is 9.17. The van der Waals surface area contributed by atoms with Crippen molar-refractivity contribution >= 4 is 11.6 Å². The quantitative estimate of drug-likeness (QED) is 0.281. The van der Waals surface area contributed by atoms with Crippen LogP contribution in [0.4, 0.5) is 26.3 Å². The molecule has 0 heterocycles. The molecule has 2 aromatic rings. The van der Waals surface area contributed by atoms with Crippen molar-refractivity contribution in [2.24, 2.45) is 11.8 Å². The largest absolute Gasteiger partial charge is 0.573 e. The number of allylic oxidation sites excluding steroid dienone is 1. The number of benzene rings is 2. The molecule has 1 unspecified atom stereocenters. The molecule has 0 radical (unpaired) electrons. The second-order valence-corrected chi connectivity index (χ2v) is 9.17. The first kappa shape index (κ1) is 26.2. The Morgan fingerprint density at radius 2 is 1.50 bits per heavy atom. The van der Waals surface area contributed by atoms with E-state index >= 15 is 0 Å². The summed E-state index contributed by atoms with van der Waals surface area (Å²) in [6, 6.07) is 10.8. The average Bonchev–Trinajstić information content (AvgIpc) is 2.77. The van der Waals surface area contributed by atoms with Gasteiger partial charge < -0.3 is 4.74 Å². The molecule has 0 aromatic heterocycles. The van der Waals surface area contributed by atoms with E-state index in [-0.39, 0.29) is 11.1 Å². The third-order valence-corrected chi connectivity index (χ3v) is 6.74. The monoisotopic (exact) mass is 484 g/mol. The molecule has 1 saturated carbocycles. The lowest BCUT2D eigenvalue weighted by molar-refractivity contribution is -0.274. The van der Waals surface area contributed by atoms with Crippen LogP contribution in [0.2, 0.25) is 0 Å². The third-order valence-electron chi connectivity index (χ3n) is 6.74. The minimum Gasteiger partial charge on any atom is -0.406 e. The minimum absolute atomic E-state index is 0.0251. The zero-order valence-corrected chi connectivity index (χ0v) is 19.3. The Hall–Kier alpha value is -2.44. The molecule has 1 atom stereocenters. The lowest BCUT2D eigenvalue weighted by Crippen LogP contribution is -2.19. The first-order valence-corrected chi connectivity index (χ1v) is 11.7. The molecule has 0 aliphatic heterocycles. The van der Waals surface area contributed by atoms with Crippen molar-refractivity contribution in [1.29, 1.82) is 0 Å². The van der Waals surface area contributed by atoms with Crippen LogP contribution < -0.4 is 4.74 Å². The Labute approximate surface area is 196 Å². The zero-order chi connectivity index (χ0) is 24.9. The highest BCUT2D eigenvalue weighted by atomic mass is 19.4. The number of rotatable bonds is 7. The predicted octanol–water partition coefficient (Wildman–Crippen LogP) is 9.40. The van der Waals surface area contributed by atoms with Gasteiger partial charge in [0.05, 0.1) is 5.57 Å². The third kappa shape index (κ3) is 7.28. The van der Waals surface area contributed by atoms with Gasteiger partial charge in [-0.05, 0) is 78.3 Å². The predicted molar refractivity (Wildman–Crippen MR) is 122 cm³/mol. The van der Waals surface area contributed by atoms with Crippen LogP contribution in [0.5, 0.6) is 5.75 Å². The second kappa shape index (κ2) is 10.9. The highest BCUT2D eigenvalue weighted by molar-refractivity contribution is 5.84. The van der Waals surface area contributed by atoms with Crippen molar-refractivity contribution < 1.29 is 31.1 Å². The summed E-state index contributed by atoms with van der Waals surface area (Å²) in [4.78, 5) is 0. The van der Waals surface area contributed by atoms with E-state index < -0.39 is 23.9 Å². The van der Waals surface area contributed by atoms with Crippen LogP contribution in [0.25, 0.3) is 11.6 Å². The molecule has 0 bridgehead atoms. The SMILES string of the molecule is CCCC(C)C1CCC(c2ccc(/C(=C/c3ccc(OC(F)(F)F)cc3)C(F)(F)F)cc2)CC1. The molecule has 0 amide bonds. The van der Waals surface area contributed by atoms with Gasteiger partial charge in [0.15, 0.2) is 0 Å². The molecule has 0 saturated heterocycles. The van der Waals surface area contributed by atoms with Crippen LogP contribution in [-0.4, -0.2) is 12.5 Å². The number of alkyl halides is 6. The van der Waals surface area contributed by atoms with Gasteiger partial charge in [-0.2, -0.15) is 13.2 Å². The Morgan fingerprint density at radius 1 is 0.912 bits per heavy atom. The summed E-state index contributed by atoms with van der Waals surface area (Å²) in [5.41, 5.74) is 0.365. The maximum absolute atomic E-state index is 13.8. The zero-order valence-electron chi connectivity index (χ0n) is 19.3. The van der Waals surface area contributed by atoms with Crippen LogP contribution in [-0.2, 0) is 0 Å². The number of ether oxygens (including phenoxy) is 1. The maximum atomic E-state index is 13.8. The summed E-state index contributed by atoms with van der Waals surface area (Å²) in [5.74, 6) is 1.31. The van der Waals surface area contributed by atoms with Crippen LogP contribution in [0.15, 0.2) is 48.5 Å². The summed E-state index contributed by atoms with van der Waals surface area (Å²) in [5, 5.41) is 0. The molecule has 1 aliphatic carbocycles. The molecule has 186 valence electrons. The molecular formula is C27H30F6O. The van der Waals surface area contributed by atoms with Crippen LogP contribution in [0, 0.1) is 11.8 Å². The molecule has 1 fully saturated rings. The number of hydrogen-bond donors (Lipinski definition) is 0. The topological polar surface area (TPSA) is 9.23 Å². The van der Waals surface area contributed by atoms with Crippen molar-refractivity contribution in [2.45, 2.75) is 70.8 Å². The Morgan fingerprint density at radius 3 is 2.00 bits per heavy atom. The van der Waals surface area contributed by atoms with Crippen LogP contribution >= 0.6 is 0 Å². The minimum atomic E-state index is -4.86. The number of hydrogen-bond acceptors (Lipinski definition) is 1. The summed E-state index contributed by atoms with van der Waals surface area (Å²) < 4.78 is 82.0. The normalized spacial score (nSPS) is 20.8. The fourth-order valence-corrected chi connectivity index (χ4v) is 4.91. The van der Waals surface area contributed by atoms with Crippen LogP contribution in [0.1, 0.15) is 75.0 Å². The molecule has 2 aromatic carbocycles.